The third-order valence-corrected chi connectivity index (χ3v) is 4.25. The summed E-state index contributed by atoms with van der Waals surface area (Å²) in [6, 6.07) is 14.7. The van der Waals surface area contributed by atoms with Crippen LogP contribution in [0, 0.1) is 6.92 Å². The Kier molecular flexibility index (Phi) is 5.75. The lowest BCUT2D eigenvalue weighted by atomic mass is 10.2. The van der Waals surface area contributed by atoms with Gasteiger partial charge in [0.25, 0.3) is 5.89 Å². The molecule has 2 N–H and O–H groups in total. The Morgan fingerprint density at radius 3 is 2.87 bits per heavy atom. The number of furan rings is 1. The first kappa shape index (κ1) is 19.3. The van der Waals surface area contributed by atoms with Gasteiger partial charge in [0, 0.05) is 23.5 Å². The van der Waals surface area contributed by atoms with E-state index in [0.717, 1.165) is 5.56 Å². The number of oxazole rings is 1. The van der Waals surface area contributed by atoms with Crippen LogP contribution in [0.1, 0.15) is 22.6 Å². The molecular weight excluding hydrogens is 384 g/mol. The number of nitrogens with two attached hydrogens (primary N) is 1. The zero-order chi connectivity index (χ0) is 20.8. The van der Waals surface area contributed by atoms with Gasteiger partial charge >= 0.3 is 0 Å². The van der Waals surface area contributed by atoms with Crippen LogP contribution in [0.25, 0.3) is 11.7 Å². The maximum absolute atomic E-state index is 6.06. The fourth-order valence-corrected chi connectivity index (χ4v) is 2.68. The van der Waals surface area contributed by atoms with Crippen LogP contribution in [-0.2, 0) is 18.1 Å². The van der Waals surface area contributed by atoms with Crippen LogP contribution in [0.5, 0.6) is 5.75 Å². The van der Waals surface area contributed by atoms with E-state index in [1.54, 1.807) is 43.8 Å². The topological polar surface area (TPSA) is 109 Å². The lowest BCUT2D eigenvalue weighted by Crippen LogP contribution is -2.14. The largest absolute Gasteiger partial charge is 0.489 e. The number of pyridine rings is 1. The Balaban J connectivity index is 1.37. The van der Waals surface area contributed by atoms with E-state index in [4.69, 9.17) is 24.1 Å². The minimum atomic E-state index is 0.119. The number of benzene rings is 1. The van der Waals surface area contributed by atoms with Gasteiger partial charge in [-0.25, -0.2) is 4.98 Å². The van der Waals surface area contributed by atoms with E-state index in [1.807, 2.05) is 30.3 Å². The molecule has 0 amide bonds. The minimum absolute atomic E-state index is 0.119. The fraction of sp³-hybridized carbons (Fsp3) is 0.136. The van der Waals surface area contributed by atoms with Gasteiger partial charge in [-0.3, -0.25) is 4.98 Å². The van der Waals surface area contributed by atoms with Crippen LogP contribution >= 0.6 is 0 Å². The molecule has 30 heavy (non-hydrogen) atoms. The molecule has 0 fully saturated rings. The molecule has 0 aliphatic heterocycles. The SMILES string of the molecule is Cc1oc(-c2ccco2)nc1CO/N=C(/N)c1cccc(OCc2cccnc2)c1. The molecule has 0 atom stereocenters. The summed E-state index contributed by atoms with van der Waals surface area (Å²) in [5, 5.41) is 3.99. The summed E-state index contributed by atoms with van der Waals surface area (Å²) in [5.41, 5.74) is 8.34. The monoisotopic (exact) mass is 404 g/mol. The second-order valence-corrected chi connectivity index (χ2v) is 6.43. The molecule has 4 rings (SSSR count). The van der Waals surface area contributed by atoms with Crippen LogP contribution < -0.4 is 10.5 Å². The van der Waals surface area contributed by atoms with E-state index < -0.39 is 0 Å². The summed E-state index contributed by atoms with van der Waals surface area (Å²) in [7, 11) is 0. The van der Waals surface area contributed by atoms with E-state index >= 15 is 0 Å². The maximum Gasteiger partial charge on any atom is 0.263 e. The normalized spacial score (nSPS) is 11.4. The Bertz CT molecular complexity index is 1120. The van der Waals surface area contributed by atoms with Gasteiger partial charge in [0.05, 0.1) is 6.26 Å². The van der Waals surface area contributed by atoms with Crippen molar-refractivity contribution in [1.82, 2.24) is 9.97 Å². The number of rotatable bonds is 8. The molecule has 0 spiro atoms. The summed E-state index contributed by atoms with van der Waals surface area (Å²) >= 11 is 0. The van der Waals surface area contributed by atoms with Crippen molar-refractivity contribution in [3.8, 4) is 17.4 Å². The molecule has 0 saturated carbocycles. The molecule has 0 aliphatic rings. The van der Waals surface area contributed by atoms with Crippen molar-refractivity contribution in [3.63, 3.8) is 0 Å². The third-order valence-electron chi connectivity index (χ3n) is 4.25. The average Bonchev–Trinajstić information content (AvgIpc) is 3.43. The summed E-state index contributed by atoms with van der Waals surface area (Å²) in [4.78, 5) is 13.8. The number of aryl methyl sites for hydroxylation is 1. The Hall–Kier alpha value is -4.07. The smallest absolute Gasteiger partial charge is 0.263 e. The second-order valence-electron chi connectivity index (χ2n) is 6.43. The van der Waals surface area contributed by atoms with E-state index in [1.165, 1.54) is 0 Å². The van der Waals surface area contributed by atoms with Crippen molar-refractivity contribution in [3.05, 3.63) is 89.8 Å². The molecule has 4 aromatic rings. The van der Waals surface area contributed by atoms with Gasteiger partial charge < -0.3 is 24.1 Å². The van der Waals surface area contributed by atoms with Crippen molar-refractivity contribution >= 4 is 5.84 Å². The predicted molar refractivity (Wildman–Crippen MR) is 109 cm³/mol. The molecule has 1 aromatic carbocycles. The average molecular weight is 404 g/mol. The quantitative estimate of drug-likeness (QED) is 0.268. The molecular formula is C22H20N4O4. The third kappa shape index (κ3) is 4.67. The first-order valence-electron chi connectivity index (χ1n) is 9.27. The molecule has 8 nitrogen and oxygen atoms in total. The Morgan fingerprint density at radius 2 is 2.07 bits per heavy atom. The van der Waals surface area contributed by atoms with Gasteiger partial charge in [-0.15, -0.1) is 0 Å². The molecule has 0 aliphatic carbocycles. The molecule has 3 aromatic heterocycles. The summed E-state index contributed by atoms with van der Waals surface area (Å²) in [5.74, 6) is 2.47. The molecule has 0 bridgehead atoms. The lowest BCUT2D eigenvalue weighted by molar-refractivity contribution is 0.127. The van der Waals surface area contributed by atoms with Gasteiger partial charge in [0.2, 0.25) is 0 Å². The van der Waals surface area contributed by atoms with Crippen LogP contribution in [0.4, 0.5) is 0 Å². The van der Waals surface area contributed by atoms with Gasteiger partial charge in [0.15, 0.2) is 18.2 Å². The summed E-state index contributed by atoms with van der Waals surface area (Å²) in [6.45, 7) is 2.33. The highest BCUT2D eigenvalue weighted by molar-refractivity contribution is 5.97. The van der Waals surface area contributed by atoms with Crippen molar-refractivity contribution < 1.29 is 18.4 Å². The molecule has 3 heterocycles. The molecule has 152 valence electrons. The number of aromatic nitrogens is 2. The zero-order valence-electron chi connectivity index (χ0n) is 16.3. The second kappa shape index (κ2) is 8.95. The predicted octanol–water partition coefficient (Wildman–Crippen LogP) is 4.05. The maximum atomic E-state index is 6.06. The number of nitrogens with zero attached hydrogens (tertiary/aromatic N) is 3. The highest BCUT2D eigenvalue weighted by Crippen LogP contribution is 2.22. The van der Waals surface area contributed by atoms with E-state index in [-0.39, 0.29) is 12.4 Å². The molecule has 0 radical (unpaired) electrons. The highest BCUT2D eigenvalue weighted by atomic mass is 16.6. The molecule has 0 unspecified atom stereocenters. The lowest BCUT2D eigenvalue weighted by Gasteiger charge is -2.08. The number of oxime groups is 1. The van der Waals surface area contributed by atoms with Gasteiger partial charge in [-0.05, 0) is 37.3 Å². The van der Waals surface area contributed by atoms with Crippen LogP contribution in [0.3, 0.4) is 0 Å². The fourth-order valence-electron chi connectivity index (χ4n) is 2.68. The van der Waals surface area contributed by atoms with Crippen molar-refractivity contribution in [1.29, 1.82) is 0 Å². The minimum Gasteiger partial charge on any atom is -0.489 e. The number of amidine groups is 1. The van der Waals surface area contributed by atoms with Gasteiger partial charge in [-0.2, -0.15) is 0 Å². The van der Waals surface area contributed by atoms with E-state index in [9.17, 15) is 0 Å². The van der Waals surface area contributed by atoms with E-state index in [2.05, 4.69) is 15.1 Å². The van der Waals surface area contributed by atoms with E-state index in [0.29, 0.717) is 41.0 Å². The highest BCUT2D eigenvalue weighted by Gasteiger charge is 2.14. The standard InChI is InChI=1S/C22H20N4O4/c1-15-19(25-22(30-15)20-8-4-10-27-20)14-29-26-21(23)17-6-2-7-18(11-17)28-13-16-5-3-9-24-12-16/h2-12H,13-14H2,1H3,(H2,23,26). The van der Waals surface area contributed by atoms with Crippen molar-refractivity contribution in [2.75, 3.05) is 0 Å². The number of hydrogen-bond acceptors (Lipinski definition) is 7. The zero-order valence-corrected chi connectivity index (χ0v) is 16.3. The van der Waals surface area contributed by atoms with Crippen LogP contribution in [0.15, 0.2) is 81.2 Å². The van der Waals surface area contributed by atoms with Gasteiger partial charge in [0.1, 0.15) is 23.8 Å². The summed E-state index contributed by atoms with van der Waals surface area (Å²) < 4.78 is 16.7. The number of ether oxygens (including phenoxy) is 1. The van der Waals surface area contributed by atoms with Crippen LogP contribution in [-0.4, -0.2) is 15.8 Å². The first-order valence-corrected chi connectivity index (χ1v) is 9.27. The van der Waals surface area contributed by atoms with Gasteiger partial charge in [-0.1, -0.05) is 23.4 Å². The van der Waals surface area contributed by atoms with Crippen molar-refractivity contribution in [2.45, 2.75) is 20.1 Å². The first-order chi connectivity index (χ1) is 14.7. The molecule has 0 saturated heterocycles. The number of hydrogen-bond donors (Lipinski definition) is 1. The van der Waals surface area contributed by atoms with Crippen molar-refractivity contribution in [2.24, 2.45) is 10.9 Å². The Morgan fingerprint density at radius 1 is 1.13 bits per heavy atom. The molecule has 8 heteroatoms. The Labute approximate surface area is 173 Å². The van der Waals surface area contributed by atoms with Crippen LogP contribution in [0.2, 0.25) is 0 Å². The summed E-state index contributed by atoms with van der Waals surface area (Å²) in [6.07, 6.45) is 5.04.